The quantitative estimate of drug-likeness (QED) is 0.801. The first-order valence-electron chi connectivity index (χ1n) is 6.37. The molecule has 0 amide bonds. The van der Waals surface area contributed by atoms with Gasteiger partial charge in [0.15, 0.2) is 5.82 Å². The van der Waals surface area contributed by atoms with Gasteiger partial charge in [0.1, 0.15) is 0 Å². The fraction of sp³-hybridized carbons (Fsp3) is 0.357. The third-order valence-electron chi connectivity index (χ3n) is 3.12. The molecule has 0 saturated heterocycles. The van der Waals surface area contributed by atoms with Gasteiger partial charge < -0.3 is 0 Å². The second kappa shape index (κ2) is 4.90. The Balaban J connectivity index is 2.10. The molecule has 1 aromatic carbocycles. The van der Waals surface area contributed by atoms with Gasteiger partial charge in [-0.25, -0.2) is 0 Å². The van der Waals surface area contributed by atoms with E-state index in [0.717, 1.165) is 28.0 Å². The molecule has 20 heavy (non-hydrogen) atoms. The van der Waals surface area contributed by atoms with Gasteiger partial charge in [0.25, 0.3) is 0 Å². The van der Waals surface area contributed by atoms with Crippen LogP contribution in [0.3, 0.4) is 0 Å². The number of rotatable bonds is 1. The number of nitrogens with zero attached hydrogens (tertiary/aromatic N) is 4. The Hall–Kier alpha value is -1.33. The van der Waals surface area contributed by atoms with Crippen LogP contribution in [0.25, 0.3) is 11.4 Å². The van der Waals surface area contributed by atoms with Crippen molar-refractivity contribution >= 4 is 29.1 Å². The molecule has 3 rings (SSSR count). The Bertz CT molecular complexity index is 685. The largest absolute Gasteiger partial charge is 0.212 e. The third kappa shape index (κ3) is 2.47. The van der Waals surface area contributed by atoms with Gasteiger partial charge >= 0.3 is 0 Å². The van der Waals surface area contributed by atoms with Gasteiger partial charge in [-0.05, 0) is 12.1 Å². The van der Waals surface area contributed by atoms with Crippen LogP contribution >= 0.6 is 23.4 Å². The average molecular weight is 307 g/mol. The maximum Gasteiger partial charge on any atom is 0.212 e. The number of halogens is 1. The van der Waals surface area contributed by atoms with Gasteiger partial charge in [0.2, 0.25) is 5.16 Å². The van der Waals surface area contributed by atoms with E-state index in [-0.39, 0.29) is 5.41 Å². The number of fused-ring (bicyclic) bond motifs is 1. The van der Waals surface area contributed by atoms with Crippen LogP contribution in [0.1, 0.15) is 20.8 Å². The molecular formula is C14H15ClN4S. The van der Waals surface area contributed by atoms with E-state index in [2.05, 4.69) is 31.0 Å². The van der Waals surface area contributed by atoms with Crippen LogP contribution in [0, 0.1) is 5.41 Å². The van der Waals surface area contributed by atoms with Gasteiger partial charge in [-0.3, -0.25) is 0 Å². The van der Waals surface area contributed by atoms with Gasteiger partial charge in [0.05, 0.1) is 5.71 Å². The smallest absolute Gasteiger partial charge is 0.187 e. The van der Waals surface area contributed by atoms with Gasteiger partial charge in [-0.2, -0.15) is 9.78 Å². The van der Waals surface area contributed by atoms with E-state index in [9.17, 15) is 0 Å². The highest BCUT2D eigenvalue weighted by molar-refractivity contribution is 7.99. The highest BCUT2D eigenvalue weighted by atomic mass is 35.5. The molecule has 0 atom stereocenters. The SMILES string of the molecule is CC(C)(C)C1=Nn2c(nnc2-c2cccc(Cl)c2)SC1. The second-order valence-corrected chi connectivity index (χ2v) is 7.09. The predicted octanol–water partition coefficient (Wildman–Crippen LogP) is 3.95. The zero-order valence-electron chi connectivity index (χ0n) is 11.6. The first kappa shape index (κ1) is 13.6. The molecule has 6 heteroatoms. The van der Waals surface area contributed by atoms with E-state index in [1.807, 2.05) is 28.9 Å². The van der Waals surface area contributed by atoms with E-state index >= 15 is 0 Å². The van der Waals surface area contributed by atoms with Crippen molar-refractivity contribution in [1.82, 2.24) is 14.9 Å². The summed E-state index contributed by atoms with van der Waals surface area (Å²) < 4.78 is 1.82. The summed E-state index contributed by atoms with van der Waals surface area (Å²) in [5.41, 5.74) is 2.11. The third-order valence-corrected chi connectivity index (χ3v) is 4.28. The lowest BCUT2D eigenvalue weighted by atomic mass is 9.91. The molecule has 4 nitrogen and oxygen atoms in total. The van der Waals surface area contributed by atoms with E-state index in [1.165, 1.54) is 0 Å². The molecule has 1 aromatic heterocycles. The Labute approximate surface area is 127 Å². The van der Waals surface area contributed by atoms with E-state index < -0.39 is 0 Å². The lowest BCUT2D eigenvalue weighted by Crippen LogP contribution is -2.26. The molecule has 0 N–H and O–H groups in total. The van der Waals surface area contributed by atoms with Crippen molar-refractivity contribution in [3.63, 3.8) is 0 Å². The normalized spacial score (nSPS) is 14.9. The summed E-state index contributed by atoms with van der Waals surface area (Å²) in [5, 5.41) is 14.7. The fourth-order valence-electron chi connectivity index (χ4n) is 1.90. The predicted molar refractivity (Wildman–Crippen MR) is 83.5 cm³/mol. The van der Waals surface area contributed by atoms with Crippen LogP contribution in [0.4, 0.5) is 0 Å². The van der Waals surface area contributed by atoms with Crippen molar-refractivity contribution in [2.45, 2.75) is 25.9 Å². The van der Waals surface area contributed by atoms with Gasteiger partial charge in [-0.1, -0.05) is 56.3 Å². The zero-order chi connectivity index (χ0) is 14.3. The first-order valence-corrected chi connectivity index (χ1v) is 7.74. The second-order valence-electron chi connectivity index (χ2n) is 5.71. The highest BCUT2D eigenvalue weighted by Crippen LogP contribution is 2.31. The molecule has 1 aliphatic rings. The standard InChI is InChI=1S/C14H15ClN4S/c1-14(2,3)11-8-20-13-17-16-12(19(13)18-11)9-5-4-6-10(15)7-9/h4-7H,8H2,1-3H3. The number of hydrogen-bond acceptors (Lipinski definition) is 4. The van der Waals surface area contributed by atoms with Crippen LogP contribution in [0.15, 0.2) is 34.5 Å². The molecule has 2 heterocycles. The number of benzene rings is 1. The minimum absolute atomic E-state index is 0.0422. The summed E-state index contributed by atoms with van der Waals surface area (Å²) in [6.45, 7) is 6.50. The molecule has 0 bridgehead atoms. The lowest BCUT2D eigenvalue weighted by molar-refractivity contribution is 0.574. The molecule has 0 aliphatic carbocycles. The van der Waals surface area contributed by atoms with Crippen LogP contribution in [-0.2, 0) is 0 Å². The lowest BCUT2D eigenvalue weighted by Gasteiger charge is -2.24. The number of hydrogen-bond donors (Lipinski definition) is 0. The topological polar surface area (TPSA) is 43.1 Å². The Morgan fingerprint density at radius 3 is 2.75 bits per heavy atom. The summed E-state index contributed by atoms with van der Waals surface area (Å²) in [7, 11) is 0. The van der Waals surface area contributed by atoms with Crippen molar-refractivity contribution in [1.29, 1.82) is 0 Å². The molecule has 2 aromatic rings. The Morgan fingerprint density at radius 1 is 1.25 bits per heavy atom. The molecule has 0 fully saturated rings. The van der Waals surface area contributed by atoms with Crippen LogP contribution in [0.5, 0.6) is 0 Å². The van der Waals surface area contributed by atoms with Crippen molar-refractivity contribution < 1.29 is 0 Å². The summed E-state index contributed by atoms with van der Waals surface area (Å²) in [6, 6.07) is 7.60. The van der Waals surface area contributed by atoms with Crippen LogP contribution in [-0.4, -0.2) is 26.3 Å². The summed E-state index contributed by atoms with van der Waals surface area (Å²) in [4.78, 5) is 0. The maximum atomic E-state index is 6.05. The van der Waals surface area contributed by atoms with Crippen molar-refractivity contribution in [3.05, 3.63) is 29.3 Å². The number of aromatic nitrogens is 3. The zero-order valence-corrected chi connectivity index (χ0v) is 13.2. The molecule has 1 aliphatic heterocycles. The molecule has 0 radical (unpaired) electrons. The first-order chi connectivity index (χ1) is 9.45. The summed E-state index contributed by atoms with van der Waals surface area (Å²) >= 11 is 7.72. The Morgan fingerprint density at radius 2 is 2.05 bits per heavy atom. The van der Waals surface area contributed by atoms with Crippen molar-refractivity contribution in [3.8, 4) is 11.4 Å². The number of thioether (sulfide) groups is 1. The van der Waals surface area contributed by atoms with E-state index in [0.29, 0.717) is 5.02 Å². The average Bonchev–Trinajstić information content (AvgIpc) is 2.80. The van der Waals surface area contributed by atoms with Gasteiger partial charge in [-0.15, -0.1) is 10.2 Å². The summed E-state index contributed by atoms with van der Waals surface area (Å²) in [5.74, 6) is 1.59. The van der Waals surface area contributed by atoms with Crippen molar-refractivity contribution in [2.75, 3.05) is 5.75 Å². The molecule has 0 unspecified atom stereocenters. The van der Waals surface area contributed by atoms with Crippen molar-refractivity contribution in [2.24, 2.45) is 10.5 Å². The molecule has 104 valence electrons. The molecule has 0 saturated carbocycles. The fourth-order valence-corrected chi connectivity index (χ4v) is 3.20. The van der Waals surface area contributed by atoms with E-state index in [1.54, 1.807) is 11.8 Å². The van der Waals surface area contributed by atoms with Crippen LogP contribution in [0.2, 0.25) is 5.02 Å². The monoisotopic (exact) mass is 306 g/mol. The molecule has 0 spiro atoms. The molecular weight excluding hydrogens is 292 g/mol. The summed E-state index contributed by atoms with van der Waals surface area (Å²) in [6.07, 6.45) is 0. The highest BCUT2D eigenvalue weighted by Gasteiger charge is 2.26. The van der Waals surface area contributed by atoms with Crippen LogP contribution < -0.4 is 0 Å². The minimum Gasteiger partial charge on any atom is -0.187 e. The van der Waals surface area contributed by atoms with Gasteiger partial charge in [0, 0.05) is 21.8 Å². The van der Waals surface area contributed by atoms with E-state index in [4.69, 9.17) is 16.7 Å². The Kier molecular flexibility index (Phi) is 3.34. The minimum atomic E-state index is 0.0422. The maximum absolute atomic E-state index is 6.05.